The predicted octanol–water partition coefficient (Wildman–Crippen LogP) is 3.67. The maximum absolute atomic E-state index is 12.3. The fourth-order valence-corrected chi connectivity index (χ4v) is 4.63. The second-order valence-corrected chi connectivity index (χ2v) is 8.39. The zero-order valence-corrected chi connectivity index (χ0v) is 17.0. The lowest BCUT2D eigenvalue weighted by atomic mass is 10.0. The Kier molecular flexibility index (Phi) is 6.01. The van der Waals surface area contributed by atoms with E-state index in [1.807, 2.05) is 24.3 Å². The molecule has 1 saturated heterocycles. The first-order valence-electron chi connectivity index (χ1n) is 9.96. The number of benzene rings is 1. The molecule has 1 amide bonds. The van der Waals surface area contributed by atoms with Crippen molar-refractivity contribution in [2.75, 3.05) is 18.0 Å². The van der Waals surface area contributed by atoms with Gasteiger partial charge in [-0.1, -0.05) is 12.1 Å². The number of piperidine rings is 1. The lowest BCUT2D eigenvalue weighted by molar-refractivity contribution is -0.122. The fraction of sp³-hybridized carbons (Fsp3) is 0.364. The molecule has 29 heavy (non-hydrogen) atoms. The number of nitriles is 1. The normalized spacial score (nSPS) is 14.7. The molecule has 1 aromatic carbocycles. The summed E-state index contributed by atoms with van der Waals surface area (Å²) in [5, 5.41) is 13.1. The number of nitrogens with one attached hydrogen (secondary N) is 1. The highest BCUT2D eigenvalue weighted by atomic mass is 32.1. The molecule has 3 heterocycles. The van der Waals surface area contributed by atoms with E-state index < -0.39 is 0 Å². The second kappa shape index (κ2) is 9.01. The van der Waals surface area contributed by atoms with E-state index in [1.54, 1.807) is 23.6 Å². The minimum absolute atomic E-state index is 0.126. The van der Waals surface area contributed by atoms with Crippen LogP contribution in [0.15, 0.2) is 42.6 Å². The van der Waals surface area contributed by atoms with Crippen LogP contribution in [0.1, 0.15) is 36.3 Å². The predicted molar refractivity (Wildman–Crippen MR) is 115 cm³/mol. The van der Waals surface area contributed by atoms with Crippen LogP contribution in [0.3, 0.4) is 0 Å². The number of nitrogens with zero attached hydrogens (tertiary/aromatic N) is 4. The van der Waals surface area contributed by atoms with Crippen molar-refractivity contribution in [1.29, 1.82) is 5.26 Å². The van der Waals surface area contributed by atoms with Gasteiger partial charge in [-0.15, -0.1) is 11.3 Å². The zero-order valence-electron chi connectivity index (χ0n) is 16.2. The average Bonchev–Trinajstić information content (AvgIpc) is 3.17. The van der Waals surface area contributed by atoms with Crippen LogP contribution in [0.2, 0.25) is 0 Å². The number of fused-ring (bicyclic) bond motifs is 1. The van der Waals surface area contributed by atoms with Gasteiger partial charge >= 0.3 is 0 Å². The Morgan fingerprint density at radius 1 is 1.24 bits per heavy atom. The smallest absolute Gasteiger partial charge is 0.220 e. The highest BCUT2D eigenvalue weighted by Crippen LogP contribution is 2.23. The largest absolute Gasteiger partial charge is 0.356 e. The van der Waals surface area contributed by atoms with Gasteiger partial charge in [0.2, 0.25) is 5.91 Å². The molecule has 1 N–H and O–H groups in total. The van der Waals surface area contributed by atoms with Gasteiger partial charge in [-0.3, -0.25) is 4.79 Å². The van der Waals surface area contributed by atoms with Crippen molar-refractivity contribution >= 4 is 33.3 Å². The van der Waals surface area contributed by atoms with Crippen LogP contribution < -0.4 is 10.2 Å². The van der Waals surface area contributed by atoms with E-state index in [0.717, 1.165) is 55.1 Å². The third kappa shape index (κ3) is 4.90. The maximum Gasteiger partial charge on any atom is 0.220 e. The Morgan fingerprint density at radius 3 is 2.79 bits per heavy atom. The average molecular weight is 406 g/mol. The minimum atomic E-state index is 0.126. The number of amides is 1. The molecule has 0 unspecified atom stereocenters. The molecule has 0 spiro atoms. The fourth-order valence-electron chi connectivity index (χ4n) is 3.62. The number of pyridine rings is 1. The molecule has 1 aliphatic rings. The summed E-state index contributed by atoms with van der Waals surface area (Å²) in [5.74, 6) is 1.02. The van der Waals surface area contributed by atoms with Gasteiger partial charge in [0.25, 0.3) is 0 Å². The molecule has 1 fully saturated rings. The van der Waals surface area contributed by atoms with Crippen LogP contribution >= 0.6 is 11.3 Å². The van der Waals surface area contributed by atoms with Crippen molar-refractivity contribution < 1.29 is 4.79 Å². The van der Waals surface area contributed by atoms with Gasteiger partial charge in [0.05, 0.1) is 20.8 Å². The minimum Gasteiger partial charge on any atom is -0.356 e. The molecule has 2 aromatic heterocycles. The van der Waals surface area contributed by atoms with Crippen molar-refractivity contribution in [2.45, 2.75) is 38.1 Å². The number of aryl methyl sites for hydroxylation is 1. The molecule has 6 nitrogen and oxygen atoms in total. The first-order valence-corrected chi connectivity index (χ1v) is 10.8. The van der Waals surface area contributed by atoms with Crippen molar-refractivity contribution in [1.82, 2.24) is 15.3 Å². The molecule has 0 radical (unpaired) electrons. The molecular formula is C22H23N5OS. The summed E-state index contributed by atoms with van der Waals surface area (Å²) in [6.45, 7) is 1.71. The third-order valence-corrected chi connectivity index (χ3v) is 6.29. The monoisotopic (exact) mass is 405 g/mol. The van der Waals surface area contributed by atoms with E-state index in [4.69, 9.17) is 5.26 Å². The lowest BCUT2D eigenvalue weighted by Crippen LogP contribution is -2.44. The summed E-state index contributed by atoms with van der Waals surface area (Å²) in [7, 11) is 0. The van der Waals surface area contributed by atoms with E-state index in [2.05, 4.69) is 32.3 Å². The van der Waals surface area contributed by atoms with Gasteiger partial charge in [-0.25, -0.2) is 9.97 Å². The van der Waals surface area contributed by atoms with Crippen LogP contribution in [0.4, 0.5) is 5.82 Å². The highest BCUT2D eigenvalue weighted by molar-refractivity contribution is 7.18. The maximum atomic E-state index is 12.3. The highest BCUT2D eigenvalue weighted by Gasteiger charge is 2.21. The standard InChI is InChI=1S/C22H23N5OS/c23-14-16-8-9-20(24-15-16)27-12-10-17(11-13-27)25-21(28)6-3-7-22-26-18-4-1-2-5-19(18)29-22/h1-2,4-5,8-9,15,17H,3,6-7,10-13H2,(H,25,28). The molecule has 3 aromatic rings. The molecule has 0 bridgehead atoms. The molecule has 148 valence electrons. The summed E-state index contributed by atoms with van der Waals surface area (Å²) in [6, 6.07) is 14.1. The Labute approximate surface area is 174 Å². The number of hydrogen-bond donors (Lipinski definition) is 1. The van der Waals surface area contributed by atoms with Gasteiger partial charge in [-0.2, -0.15) is 5.26 Å². The number of para-hydroxylation sites is 1. The topological polar surface area (TPSA) is 81.9 Å². The Morgan fingerprint density at radius 2 is 2.07 bits per heavy atom. The number of rotatable bonds is 6. The summed E-state index contributed by atoms with van der Waals surface area (Å²) < 4.78 is 1.20. The zero-order chi connectivity index (χ0) is 20.1. The number of aromatic nitrogens is 2. The van der Waals surface area contributed by atoms with E-state index in [0.29, 0.717) is 12.0 Å². The first-order chi connectivity index (χ1) is 14.2. The van der Waals surface area contributed by atoms with Crippen molar-refractivity contribution in [3.63, 3.8) is 0 Å². The number of thiazole rings is 1. The van der Waals surface area contributed by atoms with Crippen molar-refractivity contribution in [3.05, 3.63) is 53.2 Å². The van der Waals surface area contributed by atoms with Gasteiger partial charge in [0.15, 0.2) is 0 Å². The van der Waals surface area contributed by atoms with E-state index in [-0.39, 0.29) is 11.9 Å². The SMILES string of the molecule is N#Cc1ccc(N2CCC(NC(=O)CCCc3nc4ccccc4s3)CC2)nc1. The molecule has 1 aliphatic heterocycles. The van der Waals surface area contributed by atoms with Crippen LogP contribution in [0.5, 0.6) is 0 Å². The quantitative estimate of drug-likeness (QED) is 0.677. The second-order valence-electron chi connectivity index (χ2n) is 7.27. The van der Waals surface area contributed by atoms with E-state index >= 15 is 0 Å². The number of carbonyl (C=O) groups excluding carboxylic acids is 1. The third-order valence-electron chi connectivity index (χ3n) is 5.19. The summed E-state index contributed by atoms with van der Waals surface area (Å²) in [4.78, 5) is 23.5. The van der Waals surface area contributed by atoms with Crippen molar-refractivity contribution in [3.8, 4) is 6.07 Å². The molecule has 0 saturated carbocycles. The number of anilines is 1. The van der Waals surface area contributed by atoms with Gasteiger partial charge in [-0.05, 0) is 49.9 Å². The van der Waals surface area contributed by atoms with E-state index in [1.165, 1.54) is 4.70 Å². The van der Waals surface area contributed by atoms with Crippen LogP contribution in [-0.2, 0) is 11.2 Å². The number of hydrogen-bond acceptors (Lipinski definition) is 6. The summed E-state index contributed by atoms with van der Waals surface area (Å²) in [5.41, 5.74) is 1.61. The Balaban J connectivity index is 1.19. The van der Waals surface area contributed by atoms with Gasteiger partial charge in [0, 0.05) is 31.7 Å². The van der Waals surface area contributed by atoms with Crippen LogP contribution in [0.25, 0.3) is 10.2 Å². The molecule has 4 rings (SSSR count). The molecule has 7 heteroatoms. The molecule has 0 aliphatic carbocycles. The molecule has 0 atom stereocenters. The first kappa shape index (κ1) is 19.3. The Bertz CT molecular complexity index is 983. The van der Waals surface area contributed by atoms with Crippen LogP contribution in [0, 0.1) is 11.3 Å². The van der Waals surface area contributed by atoms with Crippen LogP contribution in [-0.4, -0.2) is 35.0 Å². The molecular weight excluding hydrogens is 382 g/mol. The van der Waals surface area contributed by atoms with Gasteiger partial charge < -0.3 is 10.2 Å². The number of carbonyl (C=O) groups is 1. The van der Waals surface area contributed by atoms with E-state index in [9.17, 15) is 4.79 Å². The van der Waals surface area contributed by atoms with Crippen molar-refractivity contribution in [2.24, 2.45) is 0 Å². The van der Waals surface area contributed by atoms with Gasteiger partial charge in [0.1, 0.15) is 11.9 Å². The summed E-state index contributed by atoms with van der Waals surface area (Å²) in [6.07, 6.45) is 5.62. The summed E-state index contributed by atoms with van der Waals surface area (Å²) >= 11 is 1.71. The Hall–Kier alpha value is -2.98. The lowest BCUT2D eigenvalue weighted by Gasteiger charge is -2.33.